The van der Waals surface area contributed by atoms with Crippen LogP contribution in [0.4, 0.5) is 10.5 Å². The average Bonchev–Trinajstić information content (AvgIpc) is 2.57. The molecule has 1 aromatic carbocycles. The zero-order valence-corrected chi connectivity index (χ0v) is 16.2. The molecule has 1 unspecified atom stereocenters. The topological polar surface area (TPSA) is 55.8 Å². The summed E-state index contributed by atoms with van der Waals surface area (Å²) in [6.45, 7) is 9.78. The maximum Gasteiger partial charge on any atom is 0.321 e. The molecular weight excluding hydrogens is 338 g/mol. The molecule has 2 N–H and O–H groups in total. The van der Waals surface area contributed by atoms with E-state index in [1.54, 1.807) is 6.07 Å². The number of aryl methyl sites for hydroxylation is 1. The van der Waals surface area contributed by atoms with Gasteiger partial charge in [-0.05, 0) is 42.5 Å². The number of amides is 2. The number of halogens is 1. The molecule has 0 aromatic heterocycles. The molecule has 5 nitrogen and oxygen atoms in total. The molecule has 0 spiro atoms. The molecule has 1 atom stereocenters. The summed E-state index contributed by atoms with van der Waals surface area (Å²) in [5.74, 6) is 0.572. The Labute approximate surface area is 155 Å². The summed E-state index contributed by atoms with van der Waals surface area (Å²) < 4.78 is 0. The van der Waals surface area contributed by atoms with Crippen molar-refractivity contribution in [1.82, 2.24) is 9.80 Å². The maximum absolute atomic E-state index is 12.7. The lowest BCUT2D eigenvalue weighted by Gasteiger charge is -2.42. The second kappa shape index (κ2) is 9.41. The molecule has 2 rings (SSSR count). The highest BCUT2D eigenvalue weighted by Gasteiger charge is 2.29. The van der Waals surface area contributed by atoms with Gasteiger partial charge in [0, 0.05) is 49.5 Å². The van der Waals surface area contributed by atoms with Gasteiger partial charge in [0.25, 0.3) is 0 Å². The van der Waals surface area contributed by atoms with E-state index in [-0.39, 0.29) is 18.7 Å². The van der Waals surface area contributed by atoms with Gasteiger partial charge in [-0.1, -0.05) is 32.4 Å². The third kappa shape index (κ3) is 5.59. The molecule has 0 bridgehead atoms. The van der Waals surface area contributed by atoms with E-state index in [1.165, 1.54) is 0 Å². The van der Waals surface area contributed by atoms with Crippen molar-refractivity contribution in [2.24, 2.45) is 5.92 Å². The van der Waals surface area contributed by atoms with Crippen molar-refractivity contribution in [2.75, 3.05) is 38.1 Å². The zero-order valence-electron chi connectivity index (χ0n) is 15.5. The minimum Gasteiger partial charge on any atom is -0.396 e. The van der Waals surface area contributed by atoms with E-state index < -0.39 is 0 Å². The largest absolute Gasteiger partial charge is 0.396 e. The Hall–Kier alpha value is -1.30. The van der Waals surface area contributed by atoms with Crippen molar-refractivity contribution in [2.45, 2.75) is 39.7 Å². The van der Waals surface area contributed by atoms with Crippen LogP contribution in [-0.4, -0.2) is 59.8 Å². The van der Waals surface area contributed by atoms with Crippen LogP contribution in [0.15, 0.2) is 18.2 Å². The van der Waals surface area contributed by atoms with E-state index in [1.807, 2.05) is 24.0 Å². The number of carbonyl (C=O) groups is 1. The normalized spacial score (nSPS) is 18.6. The Morgan fingerprint density at radius 1 is 1.40 bits per heavy atom. The quantitative estimate of drug-likeness (QED) is 0.809. The fourth-order valence-corrected chi connectivity index (χ4v) is 3.58. The smallest absolute Gasteiger partial charge is 0.321 e. The van der Waals surface area contributed by atoms with Crippen LogP contribution in [0.2, 0.25) is 5.02 Å². The summed E-state index contributed by atoms with van der Waals surface area (Å²) in [6.07, 6.45) is 1.50. The Morgan fingerprint density at radius 2 is 2.16 bits per heavy atom. The van der Waals surface area contributed by atoms with Crippen molar-refractivity contribution in [3.8, 4) is 0 Å². The Bertz CT molecular complexity index is 580. The first-order valence-corrected chi connectivity index (χ1v) is 9.51. The van der Waals surface area contributed by atoms with Crippen LogP contribution >= 0.6 is 11.6 Å². The van der Waals surface area contributed by atoms with Gasteiger partial charge in [-0.3, -0.25) is 4.90 Å². The van der Waals surface area contributed by atoms with Gasteiger partial charge in [0.05, 0.1) is 0 Å². The van der Waals surface area contributed by atoms with Crippen LogP contribution in [0, 0.1) is 5.92 Å². The maximum atomic E-state index is 12.7. The van der Waals surface area contributed by atoms with Crippen LogP contribution in [0.25, 0.3) is 0 Å². The van der Waals surface area contributed by atoms with Gasteiger partial charge in [-0.15, -0.1) is 0 Å². The van der Waals surface area contributed by atoms with Crippen LogP contribution in [0.1, 0.15) is 32.8 Å². The number of benzene rings is 1. The Kier molecular flexibility index (Phi) is 7.54. The molecule has 2 amide bonds. The summed E-state index contributed by atoms with van der Waals surface area (Å²) in [7, 11) is 0. The molecule has 1 aromatic rings. The first kappa shape index (κ1) is 20.0. The van der Waals surface area contributed by atoms with E-state index in [0.717, 1.165) is 30.8 Å². The predicted molar refractivity (Wildman–Crippen MR) is 103 cm³/mol. The van der Waals surface area contributed by atoms with Gasteiger partial charge in [0.2, 0.25) is 0 Å². The highest BCUT2D eigenvalue weighted by atomic mass is 35.5. The van der Waals surface area contributed by atoms with Gasteiger partial charge >= 0.3 is 6.03 Å². The van der Waals surface area contributed by atoms with Crippen molar-refractivity contribution in [1.29, 1.82) is 0 Å². The first-order valence-electron chi connectivity index (χ1n) is 9.13. The van der Waals surface area contributed by atoms with Gasteiger partial charge in [0.15, 0.2) is 0 Å². The molecule has 6 heteroatoms. The molecule has 25 heavy (non-hydrogen) atoms. The average molecular weight is 368 g/mol. The van der Waals surface area contributed by atoms with Gasteiger partial charge in [-0.2, -0.15) is 0 Å². The molecule has 1 saturated heterocycles. The van der Waals surface area contributed by atoms with Crippen LogP contribution in [-0.2, 0) is 6.42 Å². The summed E-state index contributed by atoms with van der Waals surface area (Å²) >= 11 is 6.04. The summed E-state index contributed by atoms with van der Waals surface area (Å²) in [5, 5.41) is 13.1. The number of anilines is 1. The molecule has 1 aliphatic rings. The van der Waals surface area contributed by atoms with Crippen molar-refractivity contribution in [3.63, 3.8) is 0 Å². The van der Waals surface area contributed by atoms with Crippen molar-refractivity contribution >= 4 is 23.3 Å². The van der Waals surface area contributed by atoms with E-state index in [0.29, 0.717) is 30.5 Å². The van der Waals surface area contributed by atoms with E-state index in [2.05, 4.69) is 24.1 Å². The van der Waals surface area contributed by atoms with Crippen molar-refractivity contribution in [3.05, 3.63) is 28.8 Å². The molecule has 1 heterocycles. The summed E-state index contributed by atoms with van der Waals surface area (Å²) in [4.78, 5) is 16.9. The Morgan fingerprint density at radius 3 is 2.80 bits per heavy atom. The number of nitrogens with zero attached hydrogens (tertiary/aromatic N) is 2. The number of nitrogens with one attached hydrogen (secondary N) is 1. The van der Waals surface area contributed by atoms with Crippen LogP contribution in [0.3, 0.4) is 0 Å². The first-order chi connectivity index (χ1) is 11.9. The molecule has 0 aliphatic carbocycles. The molecular formula is C19H30ClN3O2. The molecule has 1 fully saturated rings. The Balaban J connectivity index is 2.02. The number of piperazine rings is 1. The number of aliphatic hydroxyl groups excluding tert-OH is 1. The third-order valence-electron chi connectivity index (χ3n) is 4.64. The summed E-state index contributed by atoms with van der Waals surface area (Å²) in [5.41, 5.74) is 1.85. The number of aliphatic hydroxyl groups is 1. The van der Waals surface area contributed by atoms with Crippen LogP contribution < -0.4 is 5.32 Å². The number of hydrogen-bond acceptors (Lipinski definition) is 3. The number of carbonyl (C=O) groups excluding carboxylic acids is 1. The number of urea groups is 1. The van der Waals surface area contributed by atoms with Gasteiger partial charge in [0.1, 0.15) is 0 Å². The summed E-state index contributed by atoms with van der Waals surface area (Å²) in [6, 6.07) is 5.68. The lowest BCUT2D eigenvalue weighted by atomic mass is 10.1. The highest BCUT2D eigenvalue weighted by molar-refractivity contribution is 6.30. The lowest BCUT2D eigenvalue weighted by Crippen LogP contribution is -2.56. The van der Waals surface area contributed by atoms with E-state index >= 15 is 0 Å². The number of hydrogen-bond donors (Lipinski definition) is 2. The minimum absolute atomic E-state index is 0.0795. The third-order valence-corrected chi connectivity index (χ3v) is 4.88. The molecule has 0 saturated carbocycles. The van der Waals surface area contributed by atoms with Crippen molar-refractivity contribution < 1.29 is 9.90 Å². The molecule has 1 aliphatic heterocycles. The SMILES string of the molecule is CCc1cc(Cl)ccc1NC(=O)N1CCN(CC(C)C)C(CCO)C1. The second-order valence-electron chi connectivity index (χ2n) is 7.09. The zero-order chi connectivity index (χ0) is 18.4. The minimum atomic E-state index is -0.0795. The van der Waals surface area contributed by atoms with Gasteiger partial charge < -0.3 is 15.3 Å². The highest BCUT2D eigenvalue weighted by Crippen LogP contribution is 2.22. The number of rotatable bonds is 6. The predicted octanol–water partition coefficient (Wildman–Crippen LogP) is 3.46. The van der Waals surface area contributed by atoms with Crippen LogP contribution in [0.5, 0.6) is 0 Å². The lowest BCUT2D eigenvalue weighted by molar-refractivity contribution is 0.0689. The van der Waals surface area contributed by atoms with Gasteiger partial charge in [-0.25, -0.2) is 4.79 Å². The fourth-order valence-electron chi connectivity index (χ4n) is 3.38. The molecule has 0 radical (unpaired) electrons. The van der Waals surface area contributed by atoms with E-state index in [9.17, 15) is 9.90 Å². The standard InChI is InChI=1S/C19H30ClN3O2/c1-4-15-11-16(20)5-6-18(15)21-19(25)23-9-8-22(12-14(2)3)17(13-23)7-10-24/h5-6,11,14,17,24H,4,7-10,12-13H2,1-3H3,(H,21,25). The molecule has 140 valence electrons. The van der Waals surface area contributed by atoms with E-state index in [4.69, 9.17) is 11.6 Å². The monoisotopic (exact) mass is 367 g/mol. The second-order valence-corrected chi connectivity index (χ2v) is 7.52. The fraction of sp³-hybridized carbons (Fsp3) is 0.632.